The molecule has 3 nitrogen and oxygen atoms in total. The van der Waals surface area contributed by atoms with Crippen molar-refractivity contribution in [3.63, 3.8) is 0 Å². The second-order valence-electron chi connectivity index (χ2n) is 3.48. The molecular weight excluding hydrogens is 233 g/mol. The van der Waals surface area contributed by atoms with Gasteiger partial charge in [-0.05, 0) is 12.6 Å². The molecule has 0 aliphatic heterocycles. The first kappa shape index (κ1) is 13.8. The van der Waals surface area contributed by atoms with Crippen molar-refractivity contribution in [3.05, 3.63) is 24.0 Å². The van der Waals surface area contributed by atoms with Crippen LogP contribution in [0.15, 0.2) is 18.5 Å². The van der Waals surface area contributed by atoms with Crippen molar-refractivity contribution in [2.24, 2.45) is 0 Å². The average molecular weight is 248 g/mol. The Balaban J connectivity index is 2.51. The molecule has 0 aliphatic rings. The normalized spacial score (nSPS) is 11.5. The summed E-state index contributed by atoms with van der Waals surface area (Å²) in [6.45, 7) is 2.88. The van der Waals surface area contributed by atoms with E-state index in [-0.39, 0.29) is 6.61 Å². The summed E-state index contributed by atoms with van der Waals surface area (Å²) >= 11 is 0. The van der Waals surface area contributed by atoms with Gasteiger partial charge in [0.1, 0.15) is 5.75 Å². The van der Waals surface area contributed by atoms with E-state index in [1.165, 1.54) is 6.20 Å². The molecule has 17 heavy (non-hydrogen) atoms. The van der Waals surface area contributed by atoms with Gasteiger partial charge in [0.2, 0.25) is 0 Å². The van der Waals surface area contributed by atoms with E-state index >= 15 is 0 Å². The fraction of sp³-hybridized carbons (Fsp3) is 0.545. The summed E-state index contributed by atoms with van der Waals surface area (Å²) in [4.78, 5) is 3.91. The van der Waals surface area contributed by atoms with Crippen LogP contribution in [-0.4, -0.2) is 24.3 Å². The summed E-state index contributed by atoms with van der Waals surface area (Å²) in [5.74, 6) is 0.449. The van der Waals surface area contributed by atoms with Crippen LogP contribution in [0.5, 0.6) is 5.75 Å². The molecule has 0 amide bonds. The first-order valence-corrected chi connectivity index (χ1v) is 5.36. The van der Waals surface area contributed by atoms with Crippen molar-refractivity contribution in [1.29, 1.82) is 0 Å². The highest BCUT2D eigenvalue weighted by atomic mass is 19.4. The molecule has 0 atom stereocenters. The number of rotatable bonds is 6. The predicted octanol–water partition coefficient (Wildman–Crippen LogP) is 2.52. The molecule has 0 unspecified atom stereocenters. The van der Waals surface area contributed by atoms with E-state index in [0.29, 0.717) is 12.3 Å². The summed E-state index contributed by atoms with van der Waals surface area (Å²) in [7, 11) is 0. The van der Waals surface area contributed by atoms with Crippen molar-refractivity contribution in [3.8, 4) is 5.75 Å². The molecule has 0 aliphatic carbocycles. The Bertz CT molecular complexity index is 342. The molecule has 0 saturated heterocycles. The zero-order valence-corrected chi connectivity index (χ0v) is 9.55. The molecular formula is C11H15F3N2O. The number of nitrogens with zero attached hydrogens (tertiary/aromatic N) is 1. The van der Waals surface area contributed by atoms with Crippen LogP contribution in [-0.2, 0) is 6.54 Å². The van der Waals surface area contributed by atoms with Gasteiger partial charge in [-0.15, -0.1) is 0 Å². The molecule has 1 aromatic heterocycles. The number of pyridine rings is 1. The summed E-state index contributed by atoms with van der Waals surface area (Å²) in [5.41, 5.74) is 0.761. The summed E-state index contributed by atoms with van der Waals surface area (Å²) in [6, 6.07) is 1.57. The number of hydrogen-bond donors (Lipinski definition) is 1. The van der Waals surface area contributed by atoms with Gasteiger partial charge < -0.3 is 10.1 Å². The number of nitrogens with one attached hydrogen (secondary N) is 1. The first-order chi connectivity index (χ1) is 8.03. The van der Waals surface area contributed by atoms with E-state index in [1.807, 2.05) is 6.92 Å². The van der Waals surface area contributed by atoms with Crippen LogP contribution in [0.4, 0.5) is 13.2 Å². The molecule has 0 bridgehead atoms. The van der Waals surface area contributed by atoms with E-state index in [4.69, 9.17) is 4.74 Å². The third kappa shape index (κ3) is 5.53. The van der Waals surface area contributed by atoms with Crippen molar-refractivity contribution in [1.82, 2.24) is 10.3 Å². The summed E-state index contributed by atoms with van der Waals surface area (Å²) in [6.07, 6.45) is -2.05. The molecule has 1 N–H and O–H groups in total. The smallest absolute Gasteiger partial charge is 0.392 e. The van der Waals surface area contributed by atoms with Gasteiger partial charge in [0, 0.05) is 24.5 Å². The van der Waals surface area contributed by atoms with Crippen molar-refractivity contribution < 1.29 is 17.9 Å². The number of aromatic nitrogens is 1. The Kier molecular flexibility index (Phi) is 5.21. The zero-order chi connectivity index (χ0) is 12.7. The monoisotopic (exact) mass is 248 g/mol. The lowest BCUT2D eigenvalue weighted by molar-refractivity contribution is -0.139. The van der Waals surface area contributed by atoms with Crippen LogP contribution in [0, 0.1) is 0 Å². The second kappa shape index (κ2) is 6.44. The van der Waals surface area contributed by atoms with Gasteiger partial charge in [-0.1, -0.05) is 6.92 Å². The van der Waals surface area contributed by atoms with Crippen LogP contribution in [0.2, 0.25) is 0 Å². The number of ether oxygens (including phenoxy) is 1. The Labute approximate surface area is 98.0 Å². The Morgan fingerprint density at radius 3 is 2.82 bits per heavy atom. The third-order valence-electron chi connectivity index (χ3n) is 2.07. The van der Waals surface area contributed by atoms with E-state index < -0.39 is 12.6 Å². The maximum absolute atomic E-state index is 12.0. The van der Waals surface area contributed by atoms with Gasteiger partial charge in [-0.2, -0.15) is 13.2 Å². The topological polar surface area (TPSA) is 34.2 Å². The highest BCUT2D eigenvalue weighted by molar-refractivity contribution is 5.29. The van der Waals surface area contributed by atoms with Crippen LogP contribution in [0.1, 0.15) is 18.9 Å². The van der Waals surface area contributed by atoms with Gasteiger partial charge >= 0.3 is 6.18 Å². The van der Waals surface area contributed by atoms with E-state index in [1.54, 1.807) is 12.3 Å². The number of halogens is 3. The Morgan fingerprint density at radius 2 is 2.18 bits per heavy atom. The minimum absolute atomic E-state index is 0.368. The average Bonchev–Trinajstić information content (AvgIpc) is 2.26. The molecule has 6 heteroatoms. The van der Waals surface area contributed by atoms with Crippen LogP contribution >= 0.6 is 0 Å². The van der Waals surface area contributed by atoms with Crippen molar-refractivity contribution >= 4 is 0 Å². The molecule has 0 saturated carbocycles. The van der Waals surface area contributed by atoms with Gasteiger partial charge in [0.15, 0.2) is 0 Å². The Hall–Kier alpha value is -1.30. The van der Waals surface area contributed by atoms with E-state index in [9.17, 15) is 13.2 Å². The lowest BCUT2D eigenvalue weighted by Crippen LogP contribution is -2.15. The molecule has 1 rings (SSSR count). The predicted molar refractivity (Wildman–Crippen MR) is 57.8 cm³/mol. The minimum atomic E-state index is -4.19. The highest BCUT2D eigenvalue weighted by Crippen LogP contribution is 2.21. The third-order valence-corrected chi connectivity index (χ3v) is 2.07. The SMILES string of the molecule is CCNCc1cnccc1OCCC(F)(F)F. The zero-order valence-electron chi connectivity index (χ0n) is 9.55. The fourth-order valence-corrected chi connectivity index (χ4v) is 1.22. The number of hydrogen-bond acceptors (Lipinski definition) is 3. The maximum Gasteiger partial charge on any atom is 0.392 e. The van der Waals surface area contributed by atoms with Crippen molar-refractivity contribution in [2.75, 3.05) is 13.2 Å². The lowest BCUT2D eigenvalue weighted by atomic mass is 10.2. The highest BCUT2D eigenvalue weighted by Gasteiger charge is 2.26. The number of alkyl halides is 3. The maximum atomic E-state index is 12.0. The molecule has 1 aromatic rings. The van der Waals surface area contributed by atoms with E-state index in [0.717, 1.165) is 12.1 Å². The molecule has 1 heterocycles. The lowest BCUT2D eigenvalue weighted by Gasteiger charge is -2.12. The van der Waals surface area contributed by atoms with Gasteiger partial charge in [0.05, 0.1) is 13.0 Å². The summed E-state index contributed by atoms with van der Waals surface area (Å²) < 4.78 is 41.0. The second-order valence-corrected chi connectivity index (χ2v) is 3.48. The fourth-order valence-electron chi connectivity index (χ4n) is 1.22. The molecule has 0 spiro atoms. The van der Waals surface area contributed by atoms with Gasteiger partial charge in [-0.3, -0.25) is 4.98 Å². The van der Waals surface area contributed by atoms with Gasteiger partial charge in [-0.25, -0.2) is 0 Å². The molecule has 96 valence electrons. The molecule has 0 fully saturated rings. The standard InChI is InChI=1S/C11H15F3N2O/c1-2-15-7-9-8-16-5-3-10(9)17-6-4-11(12,13)14/h3,5,8,15H,2,4,6-7H2,1H3. The molecule has 0 radical (unpaired) electrons. The minimum Gasteiger partial charge on any atom is -0.493 e. The quantitative estimate of drug-likeness (QED) is 0.840. The largest absolute Gasteiger partial charge is 0.493 e. The van der Waals surface area contributed by atoms with Gasteiger partial charge in [0.25, 0.3) is 0 Å². The summed E-state index contributed by atoms with van der Waals surface area (Å²) in [5, 5.41) is 3.07. The Morgan fingerprint density at radius 1 is 1.41 bits per heavy atom. The van der Waals surface area contributed by atoms with Crippen LogP contribution in [0.3, 0.4) is 0 Å². The van der Waals surface area contributed by atoms with E-state index in [2.05, 4.69) is 10.3 Å². The van der Waals surface area contributed by atoms with Crippen LogP contribution < -0.4 is 10.1 Å². The molecule has 0 aromatic carbocycles. The first-order valence-electron chi connectivity index (χ1n) is 5.36. The van der Waals surface area contributed by atoms with Crippen molar-refractivity contribution in [2.45, 2.75) is 26.1 Å². The van der Waals surface area contributed by atoms with Crippen LogP contribution in [0.25, 0.3) is 0 Å².